The lowest BCUT2D eigenvalue weighted by molar-refractivity contribution is -0.150. The molecule has 4 saturated heterocycles. The number of rotatable bonds is 5. The topological polar surface area (TPSA) is 61.9 Å². The molecule has 4 fully saturated rings. The van der Waals surface area contributed by atoms with E-state index < -0.39 is 0 Å². The number of benzene rings is 1. The summed E-state index contributed by atoms with van der Waals surface area (Å²) >= 11 is 0. The summed E-state index contributed by atoms with van der Waals surface area (Å²) in [5, 5.41) is 3.23. The number of hydrogen-bond donors (Lipinski definition) is 1. The van der Waals surface area contributed by atoms with Crippen molar-refractivity contribution >= 4 is 11.8 Å². The van der Waals surface area contributed by atoms with E-state index in [1.807, 2.05) is 30.3 Å². The van der Waals surface area contributed by atoms with E-state index in [9.17, 15) is 9.59 Å². The molecule has 2 bridgehead atoms. The molecule has 0 unspecified atom stereocenters. The molecule has 4 aliphatic heterocycles. The molecule has 6 nitrogen and oxygen atoms in total. The van der Waals surface area contributed by atoms with Crippen molar-refractivity contribution in [3.05, 3.63) is 35.9 Å². The summed E-state index contributed by atoms with van der Waals surface area (Å²) in [6, 6.07) is 10.8. The average Bonchev–Trinajstić information content (AvgIpc) is 3.34. The van der Waals surface area contributed by atoms with E-state index in [0.29, 0.717) is 43.5 Å². The monoisotopic (exact) mass is 425 g/mol. The number of nitrogens with zero attached hydrogens (tertiary/aromatic N) is 2. The van der Waals surface area contributed by atoms with Crippen LogP contribution in [0.15, 0.2) is 30.3 Å². The van der Waals surface area contributed by atoms with Crippen molar-refractivity contribution in [2.45, 2.75) is 63.1 Å². The maximum atomic E-state index is 13.1. The first-order valence-corrected chi connectivity index (χ1v) is 12.2. The van der Waals surface area contributed by atoms with Crippen LogP contribution >= 0.6 is 0 Å². The quantitative estimate of drug-likeness (QED) is 0.786. The summed E-state index contributed by atoms with van der Waals surface area (Å²) in [5.41, 5.74) is 1.05. The first-order valence-electron chi connectivity index (χ1n) is 12.2. The highest BCUT2D eigenvalue weighted by molar-refractivity contribution is 5.81. The van der Waals surface area contributed by atoms with Gasteiger partial charge in [-0.3, -0.25) is 14.5 Å². The molecule has 1 aromatic rings. The Kier molecular flexibility index (Phi) is 6.28. The molecule has 0 spiro atoms. The molecule has 1 aromatic carbocycles. The van der Waals surface area contributed by atoms with E-state index in [4.69, 9.17) is 4.74 Å². The minimum absolute atomic E-state index is 0.0879. The molecule has 2 amide bonds. The summed E-state index contributed by atoms with van der Waals surface area (Å²) in [6.07, 6.45) is 6.95. The van der Waals surface area contributed by atoms with Gasteiger partial charge in [0.05, 0.1) is 6.42 Å². The Morgan fingerprint density at radius 1 is 1.03 bits per heavy atom. The van der Waals surface area contributed by atoms with Gasteiger partial charge in [0.15, 0.2) is 0 Å². The van der Waals surface area contributed by atoms with Crippen molar-refractivity contribution in [2.24, 2.45) is 11.8 Å². The molecule has 0 saturated carbocycles. The second kappa shape index (κ2) is 9.29. The Morgan fingerprint density at radius 3 is 2.68 bits per heavy atom. The van der Waals surface area contributed by atoms with Crippen LogP contribution in [0.1, 0.15) is 44.1 Å². The van der Waals surface area contributed by atoms with Crippen LogP contribution in [0.4, 0.5) is 0 Å². The zero-order valence-corrected chi connectivity index (χ0v) is 18.4. The number of carbonyl (C=O) groups is 2. The first kappa shape index (κ1) is 21.0. The Labute approximate surface area is 185 Å². The molecule has 6 heteroatoms. The van der Waals surface area contributed by atoms with Crippen LogP contribution in [0.25, 0.3) is 0 Å². The van der Waals surface area contributed by atoms with E-state index in [0.717, 1.165) is 38.0 Å². The molecular formula is C25H35N3O3. The van der Waals surface area contributed by atoms with Crippen LogP contribution in [0.5, 0.6) is 0 Å². The molecular weight excluding hydrogens is 390 g/mol. The van der Waals surface area contributed by atoms with Crippen LogP contribution < -0.4 is 5.32 Å². The van der Waals surface area contributed by atoms with Gasteiger partial charge in [-0.15, -0.1) is 0 Å². The summed E-state index contributed by atoms with van der Waals surface area (Å²) in [4.78, 5) is 30.5. The SMILES string of the molecule is O=C(Cc1ccccc1)NC[C@H]1[C@H]2C[C@H](CN(C(=O)[C@@H]3CCCO3)C2)[C@@H]2CCCCN21. The van der Waals surface area contributed by atoms with Crippen molar-refractivity contribution in [3.8, 4) is 0 Å². The van der Waals surface area contributed by atoms with Gasteiger partial charge in [0.2, 0.25) is 5.91 Å². The van der Waals surface area contributed by atoms with Crippen molar-refractivity contribution in [1.82, 2.24) is 15.1 Å². The van der Waals surface area contributed by atoms with Gasteiger partial charge in [0.25, 0.3) is 5.91 Å². The van der Waals surface area contributed by atoms with E-state index in [1.165, 1.54) is 25.7 Å². The van der Waals surface area contributed by atoms with E-state index in [2.05, 4.69) is 15.1 Å². The molecule has 0 aliphatic carbocycles. The maximum Gasteiger partial charge on any atom is 0.251 e. The third-order valence-corrected chi connectivity index (χ3v) is 7.85. The van der Waals surface area contributed by atoms with Gasteiger partial charge in [0.1, 0.15) is 6.10 Å². The number of piperidine rings is 3. The predicted molar refractivity (Wildman–Crippen MR) is 118 cm³/mol. The Balaban J connectivity index is 1.26. The van der Waals surface area contributed by atoms with Gasteiger partial charge >= 0.3 is 0 Å². The Bertz CT molecular complexity index is 779. The Hall–Kier alpha value is -1.92. The van der Waals surface area contributed by atoms with E-state index >= 15 is 0 Å². The highest BCUT2D eigenvalue weighted by Gasteiger charge is 2.48. The number of likely N-dealkylation sites (tertiary alicyclic amines) is 1. The lowest BCUT2D eigenvalue weighted by Crippen LogP contribution is -2.66. The first-order chi connectivity index (χ1) is 15.2. The molecule has 0 aromatic heterocycles. The van der Waals surface area contributed by atoms with Gasteiger partial charge in [0, 0.05) is 38.3 Å². The number of amides is 2. The maximum absolute atomic E-state index is 13.1. The fraction of sp³-hybridized carbons (Fsp3) is 0.680. The van der Waals surface area contributed by atoms with Crippen molar-refractivity contribution in [2.75, 3.05) is 32.8 Å². The summed E-state index contributed by atoms with van der Waals surface area (Å²) < 4.78 is 5.70. The highest BCUT2D eigenvalue weighted by atomic mass is 16.5. The zero-order valence-electron chi connectivity index (χ0n) is 18.4. The summed E-state index contributed by atoms with van der Waals surface area (Å²) in [7, 11) is 0. The molecule has 31 heavy (non-hydrogen) atoms. The fourth-order valence-corrected chi connectivity index (χ4v) is 6.41. The van der Waals surface area contributed by atoms with Crippen LogP contribution in [0, 0.1) is 11.8 Å². The molecule has 5 atom stereocenters. The number of ether oxygens (including phenoxy) is 1. The van der Waals surface area contributed by atoms with Crippen LogP contribution in [-0.4, -0.2) is 72.6 Å². The largest absolute Gasteiger partial charge is 0.368 e. The van der Waals surface area contributed by atoms with Crippen molar-refractivity contribution < 1.29 is 14.3 Å². The molecule has 1 N–H and O–H groups in total. The Morgan fingerprint density at radius 2 is 1.87 bits per heavy atom. The lowest BCUT2D eigenvalue weighted by atomic mass is 9.72. The molecule has 5 rings (SSSR count). The minimum atomic E-state index is -0.231. The number of nitrogens with one attached hydrogen (secondary N) is 1. The minimum Gasteiger partial charge on any atom is -0.368 e. The molecule has 4 aliphatic rings. The van der Waals surface area contributed by atoms with Gasteiger partial charge in [-0.1, -0.05) is 36.8 Å². The smallest absolute Gasteiger partial charge is 0.251 e. The standard InChI is InChI=1S/C25H35N3O3/c29-24(13-18-7-2-1-3-8-18)26-15-22-20-14-19(21-9-4-5-11-28(21)22)16-27(17-20)25(30)23-10-6-12-31-23/h1-3,7-8,19-23H,4-6,9-17H2,(H,26,29)/t19-,20+,21+,22+,23+/m1/s1. The fourth-order valence-electron chi connectivity index (χ4n) is 6.41. The van der Waals surface area contributed by atoms with E-state index in [1.54, 1.807) is 0 Å². The number of fused-ring (bicyclic) bond motifs is 4. The van der Waals surface area contributed by atoms with Gasteiger partial charge in [-0.25, -0.2) is 0 Å². The highest BCUT2D eigenvalue weighted by Crippen LogP contribution is 2.41. The number of hydrogen-bond acceptors (Lipinski definition) is 4. The van der Waals surface area contributed by atoms with E-state index in [-0.39, 0.29) is 17.9 Å². The second-order valence-electron chi connectivity index (χ2n) is 9.84. The van der Waals surface area contributed by atoms with Gasteiger partial charge < -0.3 is 15.0 Å². The van der Waals surface area contributed by atoms with Gasteiger partial charge in [-0.05, 0) is 56.0 Å². The van der Waals surface area contributed by atoms with Crippen LogP contribution in [0.2, 0.25) is 0 Å². The zero-order chi connectivity index (χ0) is 21.2. The predicted octanol–water partition coefficient (Wildman–Crippen LogP) is 2.23. The summed E-state index contributed by atoms with van der Waals surface area (Å²) in [5.74, 6) is 1.27. The molecule has 4 heterocycles. The average molecular weight is 426 g/mol. The van der Waals surface area contributed by atoms with Gasteiger partial charge in [-0.2, -0.15) is 0 Å². The third-order valence-electron chi connectivity index (χ3n) is 7.85. The van der Waals surface area contributed by atoms with Crippen molar-refractivity contribution in [1.29, 1.82) is 0 Å². The lowest BCUT2D eigenvalue weighted by Gasteiger charge is -2.57. The second-order valence-corrected chi connectivity index (χ2v) is 9.84. The van der Waals surface area contributed by atoms with Crippen LogP contribution in [0.3, 0.4) is 0 Å². The molecule has 168 valence electrons. The van der Waals surface area contributed by atoms with Crippen molar-refractivity contribution in [3.63, 3.8) is 0 Å². The normalized spacial score (nSPS) is 33.0. The third kappa shape index (κ3) is 4.51. The summed E-state index contributed by atoms with van der Waals surface area (Å²) in [6.45, 7) is 4.20. The van der Waals surface area contributed by atoms with Crippen LogP contribution in [-0.2, 0) is 20.7 Å². The number of carbonyl (C=O) groups excluding carboxylic acids is 2. The molecule has 0 radical (unpaired) electrons.